The van der Waals surface area contributed by atoms with Gasteiger partial charge in [-0.25, -0.2) is 4.98 Å². The van der Waals surface area contributed by atoms with E-state index in [0.29, 0.717) is 56.5 Å². The van der Waals surface area contributed by atoms with Crippen molar-refractivity contribution in [1.29, 1.82) is 0 Å². The number of nitrogens with zero attached hydrogens (tertiary/aromatic N) is 2. The van der Waals surface area contributed by atoms with Crippen LogP contribution in [0.1, 0.15) is 41.7 Å². The van der Waals surface area contributed by atoms with E-state index in [9.17, 15) is 14.4 Å². The molecule has 0 radical (unpaired) electrons. The number of amides is 2. The molecule has 2 amide bonds. The molecule has 33 heavy (non-hydrogen) atoms. The van der Waals surface area contributed by atoms with Crippen molar-refractivity contribution in [1.82, 2.24) is 20.6 Å². The molecule has 0 spiro atoms. The normalized spacial score (nSPS) is 21.6. The van der Waals surface area contributed by atoms with Gasteiger partial charge in [0.25, 0.3) is 5.91 Å². The van der Waals surface area contributed by atoms with Crippen molar-refractivity contribution >= 4 is 29.5 Å². The van der Waals surface area contributed by atoms with E-state index in [1.54, 1.807) is 36.7 Å². The first kappa shape index (κ1) is 23.0. The Bertz CT molecular complexity index is 983. The first-order valence-corrected chi connectivity index (χ1v) is 11.9. The van der Waals surface area contributed by atoms with E-state index in [-0.39, 0.29) is 29.1 Å². The van der Waals surface area contributed by atoms with Gasteiger partial charge in [-0.2, -0.15) is 0 Å². The van der Waals surface area contributed by atoms with Gasteiger partial charge in [-0.3, -0.25) is 19.4 Å². The van der Waals surface area contributed by atoms with Gasteiger partial charge in [0.15, 0.2) is 0 Å². The number of hydrogen-bond donors (Lipinski definition) is 3. The molecule has 1 aromatic carbocycles. The van der Waals surface area contributed by atoms with Crippen molar-refractivity contribution < 1.29 is 24.2 Å². The Hall–Kier alpha value is -3.14. The van der Waals surface area contributed by atoms with Crippen molar-refractivity contribution in [2.75, 3.05) is 13.1 Å². The minimum atomic E-state index is -0.735. The summed E-state index contributed by atoms with van der Waals surface area (Å²) in [5, 5.41) is 15.3. The second kappa shape index (κ2) is 10.7. The summed E-state index contributed by atoms with van der Waals surface area (Å²) in [5.41, 5.74) is 1.35. The highest BCUT2D eigenvalue weighted by molar-refractivity contribution is 8.00. The monoisotopic (exact) mass is 470 g/mol. The maximum absolute atomic E-state index is 12.4. The van der Waals surface area contributed by atoms with Crippen molar-refractivity contribution in [2.24, 2.45) is 5.92 Å². The predicted molar refractivity (Wildman–Crippen MR) is 121 cm³/mol. The van der Waals surface area contributed by atoms with Crippen LogP contribution >= 0.6 is 11.8 Å². The molecule has 3 N–H and O–H groups in total. The highest BCUT2D eigenvalue weighted by atomic mass is 32.2. The van der Waals surface area contributed by atoms with Crippen LogP contribution in [0.25, 0.3) is 0 Å². The van der Waals surface area contributed by atoms with Crippen LogP contribution in [0.4, 0.5) is 0 Å². The first-order valence-electron chi connectivity index (χ1n) is 11.0. The largest absolute Gasteiger partial charge is 0.490 e. The summed E-state index contributed by atoms with van der Waals surface area (Å²) in [6.07, 6.45) is 6.47. The van der Waals surface area contributed by atoms with E-state index in [0.717, 1.165) is 10.7 Å². The van der Waals surface area contributed by atoms with E-state index < -0.39 is 5.97 Å². The lowest BCUT2D eigenvalue weighted by Gasteiger charge is -2.26. The zero-order valence-electron chi connectivity index (χ0n) is 18.0. The van der Waals surface area contributed by atoms with Gasteiger partial charge < -0.3 is 20.5 Å². The Labute approximate surface area is 195 Å². The molecule has 1 unspecified atom stereocenters. The number of carboxylic acid groups (broad SMARTS) is 1. The molecule has 2 aromatic rings. The lowest BCUT2D eigenvalue weighted by atomic mass is 9.87. The molecule has 10 heteroatoms. The maximum Gasteiger partial charge on any atom is 0.306 e. The molecule has 2 heterocycles. The molecule has 1 aromatic heterocycles. The number of carbonyl (C=O) groups excluding carboxylic acids is 2. The van der Waals surface area contributed by atoms with Crippen LogP contribution in [0.2, 0.25) is 0 Å². The van der Waals surface area contributed by atoms with E-state index >= 15 is 0 Å². The van der Waals surface area contributed by atoms with E-state index in [4.69, 9.17) is 9.84 Å². The standard InChI is InChI=1S/C23H26N4O5S/c28-20(25-10-11-26-21(29)19-13-18-22(33-19)27-12-9-24-18)14-1-5-16(6-2-14)32-17-7-3-15(4-8-17)23(30)31/h1-2,5-6,9,12,15,17,19H,3-4,7-8,10-11,13H2,(H,25,28)(H,26,29)(H,30,31). The first-order chi connectivity index (χ1) is 16.0. The van der Waals surface area contributed by atoms with Gasteiger partial charge in [-0.05, 0) is 49.9 Å². The zero-order chi connectivity index (χ0) is 23.2. The van der Waals surface area contributed by atoms with Crippen LogP contribution in [0.15, 0.2) is 41.7 Å². The fourth-order valence-electron chi connectivity index (χ4n) is 3.97. The maximum atomic E-state index is 12.4. The molecular weight excluding hydrogens is 444 g/mol. The molecule has 0 bridgehead atoms. The molecular formula is C23H26N4O5S. The number of rotatable bonds is 8. The van der Waals surface area contributed by atoms with Gasteiger partial charge in [-0.15, -0.1) is 0 Å². The van der Waals surface area contributed by atoms with E-state index in [2.05, 4.69) is 20.6 Å². The van der Waals surface area contributed by atoms with Gasteiger partial charge in [-0.1, -0.05) is 11.8 Å². The smallest absolute Gasteiger partial charge is 0.306 e. The molecule has 174 valence electrons. The lowest BCUT2D eigenvalue weighted by molar-refractivity contribution is -0.143. The third kappa shape index (κ3) is 6.01. The average Bonchev–Trinajstić information content (AvgIpc) is 3.27. The van der Waals surface area contributed by atoms with Gasteiger partial charge in [0.1, 0.15) is 10.8 Å². The number of carboxylic acids is 1. The number of benzene rings is 1. The van der Waals surface area contributed by atoms with Crippen LogP contribution < -0.4 is 15.4 Å². The van der Waals surface area contributed by atoms with E-state index in [1.165, 1.54) is 11.8 Å². The Kier molecular flexibility index (Phi) is 7.43. The van der Waals surface area contributed by atoms with E-state index in [1.807, 2.05) is 0 Å². The SMILES string of the molecule is O=C(NCCNC(=O)C1Cc2nccnc2S1)c1ccc(OC2CCC(C(=O)O)CC2)cc1. The van der Waals surface area contributed by atoms with Crippen molar-refractivity contribution in [3.05, 3.63) is 47.9 Å². The molecule has 1 atom stereocenters. The summed E-state index contributed by atoms with van der Waals surface area (Å²) in [7, 11) is 0. The zero-order valence-corrected chi connectivity index (χ0v) is 18.8. The fourth-order valence-corrected chi connectivity index (χ4v) is 5.07. The van der Waals surface area contributed by atoms with Gasteiger partial charge in [0, 0.05) is 37.5 Å². The minimum absolute atomic E-state index is 0.00118. The Morgan fingerprint density at radius 2 is 1.70 bits per heavy atom. The van der Waals surface area contributed by atoms with Crippen molar-refractivity contribution in [3.8, 4) is 5.75 Å². The molecule has 1 aliphatic carbocycles. The molecule has 9 nitrogen and oxygen atoms in total. The van der Waals surface area contributed by atoms with Crippen LogP contribution in [-0.2, 0) is 16.0 Å². The fraction of sp³-hybridized carbons (Fsp3) is 0.435. The quantitative estimate of drug-likeness (QED) is 0.500. The second-order valence-corrected chi connectivity index (χ2v) is 9.31. The second-order valence-electron chi connectivity index (χ2n) is 8.12. The number of aromatic nitrogens is 2. The van der Waals surface area contributed by atoms with Gasteiger partial charge in [0.2, 0.25) is 5.91 Å². The topological polar surface area (TPSA) is 131 Å². The number of carbonyl (C=O) groups is 3. The van der Waals surface area contributed by atoms with Crippen LogP contribution in [0, 0.1) is 5.92 Å². The summed E-state index contributed by atoms with van der Waals surface area (Å²) < 4.78 is 5.93. The van der Waals surface area contributed by atoms with Crippen LogP contribution in [-0.4, -0.2) is 57.3 Å². The molecule has 1 saturated carbocycles. The molecule has 1 aliphatic heterocycles. The van der Waals surface area contributed by atoms with Crippen molar-refractivity contribution in [2.45, 2.75) is 48.5 Å². The highest BCUT2D eigenvalue weighted by Gasteiger charge is 2.30. The van der Waals surface area contributed by atoms with Crippen LogP contribution in [0.3, 0.4) is 0 Å². The van der Waals surface area contributed by atoms with Gasteiger partial charge in [0.05, 0.1) is 23.0 Å². The Morgan fingerprint density at radius 1 is 1.00 bits per heavy atom. The predicted octanol–water partition coefficient (Wildman–Crippen LogP) is 2.06. The third-order valence-electron chi connectivity index (χ3n) is 5.81. The number of aliphatic carboxylic acids is 1. The average molecular weight is 471 g/mol. The lowest BCUT2D eigenvalue weighted by Crippen LogP contribution is -2.38. The summed E-state index contributed by atoms with van der Waals surface area (Å²) in [6, 6.07) is 6.88. The Balaban J connectivity index is 1.15. The summed E-state index contributed by atoms with van der Waals surface area (Å²) in [4.78, 5) is 44.2. The molecule has 0 saturated heterocycles. The molecule has 4 rings (SSSR count). The highest BCUT2D eigenvalue weighted by Crippen LogP contribution is 2.33. The number of nitrogens with one attached hydrogen (secondary N) is 2. The van der Waals surface area contributed by atoms with Gasteiger partial charge >= 0.3 is 5.97 Å². The summed E-state index contributed by atoms with van der Waals surface area (Å²) in [6.45, 7) is 0.648. The molecule has 1 fully saturated rings. The third-order valence-corrected chi connectivity index (χ3v) is 7.04. The summed E-state index contributed by atoms with van der Waals surface area (Å²) >= 11 is 1.41. The Morgan fingerprint density at radius 3 is 2.39 bits per heavy atom. The number of ether oxygens (including phenoxy) is 1. The number of fused-ring (bicyclic) bond motifs is 1. The number of thioether (sulfide) groups is 1. The van der Waals surface area contributed by atoms with Crippen molar-refractivity contribution in [3.63, 3.8) is 0 Å². The molecule has 2 aliphatic rings. The summed E-state index contributed by atoms with van der Waals surface area (Å²) in [5.74, 6) is -0.665. The number of hydrogen-bond acceptors (Lipinski definition) is 7. The van der Waals surface area contributed by atoms with Crippen LogP contribution in [0.5, 0.6) is 5.75 Å². The minimum Gasteiger partial charge on any atom is -0.490 e.